The number of fused-ring (bicyclic) bond motifs is 3. The normalized spacial score (nSPS) is 40.4. The lowest BCUT2D eigenvalue weighted by atomic mass is 9.89. The van der Waals surface area contributed by atoms with Crippen molar-refractivity contribution in [2.45, 2.75) is 12.2 Å². The molecule has 0 N–H and O–H groups in total. The van der Waals surface area contributed by atoms with E-state index in [0.29, 0.717) is 0 Å². The van der Waals surface area contributed by atoms with Crippen molar-refractivity contribution in [1.29, 1.82) is 0 Å². The van der Waals surface area contributed by atoms with Gasteiger partial charge >= 0.3 is 0 Å². The third kappa shape index (κ3) is 0.998. The largest absolute Gasteiger partial charge is 0.354 e. The minimum atomic E-state index is -0.968. The molecular weight excluding hydrogens is 228 g/mol. The van der Waals surface area contributed by atoms with Gasteiger partial charge in [0.15, 0.2) is 12.2 Å². The molecule has 7 nitrogen and oxygen atoms in total. The highest BCUT2D eigenvalue weighted by atomic mass is 16.5. The SMILES string of the molecule is CN1C(=O)C2OC3C(=O)N(C)C(=O)[C@H]3C2C1=O. The summed E-state index contributed by atoms with van der Waals surface area (Å²) in [6.07, 6.45) is -1.94. The van der Waals surface area contributed by atoms with Gasteiger partial charge in [-0.15, -0.1) is 0 Å². The molecule has 7 heteroatoms. The molecule has 17 heavy (non-hydrogen) atoms. The van der Waals surface area contributed by atoms with Crippen molar-refractivity contribution >= 4 is 23.6 Å². The molecule has 0 aliphatic carbocycles. The second-order valence-electron chi connectivity index (χ2n) is 4.50. The molecule has 0 saturated carbocycles. The van der Waals surface area contributed by atoms with Gasteiger partial charge in [0.2, 0.25) is 11.8 Å². The van der Waals surface area contributed by atoms with E-state index in [1.807, 2.05) is 0 Å². The fourth-order valence-corrected chi connectivity index (χ4v) is 2.74. The predicted octanol–water partition coefficient (Wildman–Crippen LogP) is -2.02. The van der Waals surface area contributed by atoms with Gasteiger partial charge in [-0.3, -0.25) is 29.0 Å². The number of imide groups is 2. The number of ether oxygens (including phenoxy) is 1. The molecule has 3 unspecified atom stereocenters. The minimum absolute atomic E-state index is 0.441. The Bertz CT molecular complexity index is 431. The molecule has 4 atom stereocenters. The number of likely N-dealkylation sites (tertiary alicyclic amines) is 2. The van der Waals surface area contributed by atoms with Crippen LogP contribution in [0.5, 0.6) is 0 Å². The Labute approximate surface area is 96.3 Å². The van der Waals surface area contributed by atoms with Crippen LogP contribution in [0.3, 0.4) is 0 Å². The van der Waals surface area contributed by atoms with Crippen LogP contribution in [-0.4, -0.2) is 59.7 Å². The standard InChI is InChI=1S/C10H10N2O5/c1-11-7(13)3-4-6(17-5(3)9(11)15)10(16)12(2)8(4)14/h3-6H,1-2H3/t3-,4?,5?,6?/m0/s1. The van der Waals surface area contributed by atoms with Gasteiger partial charge in [-0.2, -0.15) is 0 Å². The highest BCUT2D eigenvalue weighted by molar-refractivity contribution is 6.14. The zero-order valence-electron chi connectivity index (χ0n) is 9.25. The first-order valence-corrected chi connectivity index (χ1v) is 5.23. The minimum Gasteiger partial charge on any atom is -0.354 e. The number of rotatable bonds is 0. The summed E-state index contributed by atoms with van der Waals surface area (Å²) in [5, 5.41) is 0. The lowest BCUT2D eigenvalue weighted by molar-refractivity contribution is -0.146. The van der Waals surface area contributed by atoms with Crippen LogP contribution in [-0.2, 0) is 23.9 Å². The van der Waals surface area contributed by atoms with Gasteiger partial charge in [-0.1, -0.05) is 0 Å². The summed E-state index contributed by atoms with van der Waals surface area (Å²) >= 11 is 0. The molecule has 0 spiro atoms. The Morgan fingerprint density at radius 1 is 0.765 bits per heavy atom. The van der Waals surface area contributed by atoms with Crippen LogP contribution in [0.25, 0.3) is 0 Å². The number of hydrogen-bond acceptors (Lipinski definition) is 5. The second kappa shape index (κ2) is 2.92. The molecule has 3 heterocycles. The fraction of sp³-hybridized carbons (Fsp3) is 0.600. The Morgan fingerprint density at radius 3 is 1.47 bits per heavy atom. The van der Waals surface area contributed by atoms with Gasteiger partial charge in [-0.25, -0.2) is 0 Å². The Balaban J connectivity index is 2.03. The van der Waals surface area contributed by atoms with E-state index < -0.39 is 47.7 Å². The maximum Gasteiger partial charge on any atom is 0.258 e. The molecule has 0 aromatic rings. The van der Waals surface area contributed by atoms with Crippen molar-refractivity contribution in [3.8, 4) is 0 Å². The van der Waals surface area contributed by atoms with Crippen LogP contribution in [0.4, 0.5) is 0 Å². The average Bonchev–Trinajstić information content (AvgIpc) is 2.86. The van der Waals surface area contributed by atoms with Crippen molar-refractivity contribution in [1.82, 2.24) is 9.80 Å². The first-order chi connectivity index (χ1) is 7.95. The second-order valence-corrected chi connectivity index (χ2v) is 4.50. The molecule has 3 fully saturated rings. The lowest BCUT2D eigenvalue weighted by Crippen LogP contribution is -2.34. The molecule has 4 amide bonds. The zero-order valence-corrected chi connectivity index (χ0v) is 9.25. The van der Waals surface area contributed by atoms with Crippen LogP contribution in [0.2, 0.25) is 0 Å². The van der Waals surface area contributed by atoms with Crippen LogP contribution in [0, 0.1) is 11.8 Å². The smallest absolute Gasteiger partial charge is 0.258 e. The molecule has 3 saturated heterocycles. The molecule has 0 radical (unpaired) electrons. The number of amides is 4. The van der Waals surface area contributed by atoms with E-state index in [1.54, 1.807) is 0 Å². The molecule has 0 bridgehead atoms. The third-order valence-corrected chi connectivity index (χ3v) is 3.71. The fourth-order valence-electron chi connectivity index (χ4n) is 2.74. The van der Waals surface area contributed by atoms with Gasteiger partial charge in [-0.05, 0) is 0 Å². The van der Waals surface area contributed by atoms with E-state index in [4.69, 9.17) is 4.74 Å². The highest BCUT2D eigenvalue weighted by Crippen LogP contribution is 2.43. The molecule has 0 aromatic heterocycles. The molecular formula is C10H10N2O5. The van der Waals surface area contributed by atoms with Crippen LogP contribution in [0.15, 0.2) is 0 Å². The summed E-state index contributed by atoms with van der Waals surface area (Å²) in [7, 11) is 2.71. The monoisotopic (exact) mass is 238 g/mol. The van der Waals surface area contributed by atoms with Gasteiger partial charge in [0.25, 0.3) is 11.8 Å². The van der Waals surface area contributed by atoms with Gasteiger partial charge < -0.3 is 4.74 Å². The highest BCUT2D eigenvalue weighted by Gasteiger charge is 2.66. The summed E-state index contributed by atoms with van der Waals surface area (Å²) in [5.74, 6) is -3.50. The summed E-state index contributed by atoms with van der Waals surface area (Å²) < 4.78 is 5.29. The Kier molecular flexibility index (Phi) is 1.79. The van der Waals surface area contributed by atoms with Crippen molar-refractivity contribution in [3.63, 3.8) is 0 Å². The topological polar surface area (TPSA) is 84.0 Å². The summed E-state index contributed by atoms with van der Waals surface area (Å²) in [6.45, 7) is 0. The third-order valence-electron chi connectivity index (χ3n) is 3.71. The van der Waals surface area contributed by atoms with E-state index in [-0.39, 0.29) is 0 Å². The van der Waals surface area contributed by atoms with E-state index in [2.05, 4.69) is 0 Å². The molecule has 90 valence electrons. The van der Waals surface area contributed by atoms with E-state index in [1.165, 1.54) is 14.1 Å². The van der Waals surface area contributed by atoms with Crippen molar-refractivity contribution in [2.24, 2.45) is 11.8 Å². The summed E-state index contributed by atoms with van der Waals surface area (Å²) in [6, 6.07) is 0. The van der Waals surface area contributed by atoms with E-state index in [0.717, 1.165) is 9.80 Å². The predicted molar refractivity (Wildman–Crippen MR) is 51.2 cm³/mol. The number of hydrogen-bond donors (Lipinski definition) is 0. The zero-order chi connectivity index (χ0) is 12.5. The Hall–Kier alpha value is -1.76. The Morgan fingerprint density at radius 2 is 1.12 bits per heavy atom. The first kappa shape index (κ1) is 10.4. The van der Waals surface area contributed by atoms with Gasteiger partial charge in [0, 0.05) is 14.1 Å². The van der Waals surface area contributed by atoms with E-state index >= 15 is 0 Å². The summed E-state index contributed by atoms with van der Waals surface area (Å²) in [4.78, 5) is 48.9. The molecule has 3 rings (SSSR count). The molecule has 3 aliphatic rings. The van der Waals surface area contributed by atoms with Crippen molar-refractivity contribution < 1.29 is 23.9 Å². The van der Waals surface area contributed by atoms with Gasteiger partial charge in [0.1, 0.15) is 0 Å². The number of nitrogens with zero attached hydrogens (tertiary/aromatic N) is 2. The number of likely N-dealkylation sites (N-methyl/N-ethyl adjacent to an activating group) is 2. The van der Waals surface area contributed by atoms with Crippen LogP contribution in [0.1, 0.15) is 0 Å². The first-order valence-electron chi connectivity index (χ1n) is 5.23. The van der Waals surface area contributed by atoms with Gasteiger partial charge in [0.05, 0.1) is 11.8 Å². The quantitative estimate of drug-likeness (QED) is 0.455. The maximum atomic E-state index is 11.8. The lowest BCUT2D eigenvalue weighted by Gasteiger charge is -2.11. The van der Waals surface area contributed by atoms with E-state index in [9.17, 15) is 19.2 Å². The summed E-state index contributed by atoms with van der Waals surface area (Å²) in [5.41, 5.74) is 0. The number of carbonyl (C=O) groups is 4. The molecule has 3 aliphatic heterocycles. The number of carbonyl (C=O) groups excluding carboxylic acids is 4. The van der Waals surface area contributed by atoms with Crippen LogP contribution < -0.4 is 0 Å². The van der Waals surface area contributed by atoms with Crippen molar-refractivity contribution in [3.05, 3.63) is 0 Å². The average molecular weight is 238 g/mol. The van der Waals surface area contributed by atoms with Crippen molar-refractivity contribution in [2.75, 3.05) is 14.1 Å². The maximum absolute atomic E-state index is 11.8. The molecule has 0 aromatic carbocycles. The van der Waals surface area contributed by atoms with Crippen LogP contribution >= 0.6 is 0 Å².